The maximum absolute atomic E-state index is 4.46. The van der Waals surface area contributed by atoms with Crippen LogP contribution in [0.1, 0.15) is 17.7 Å². The maximum Gasteiger partial charge on any atom is 0.0914 e. The number of rotatable bonds is 1. The van der Waals surface area contributed by atoms with Gasteiger partial charge in [-0.15, -0.1) is 0 Å². The van der Waals surface area contributed by atoms with Gasteiger partial charge < -0.3 is 10.3 Å². The Hall–Kier alpha value is -1.35. The molecule has 2 N–H and O–H groups in total. The summed E-state index contributed by atoms with van der Waals surface area (Å²) in [4.78, 5) is 7.93. The monoisotopic (exact) mass is 201 g/mol. The summed E-state index contributed by atoms with van der Waals surface area (Å²) in [7, 11) is 2.04. The number of nitrogens with one attached hydrogen (secondary N) is 2. The number of likely N-dealkylation sites (N-methyl/N-ethyl adjacent to an activating group) is 1. The molecule has 2 aromatic heterocycles. The molecule has 2 heterocycles. The number of aryl methyl sites for hydroxylation is 1. The molecule has 1 atom stereocenters. The minimum Gasteiger partial charge on any atom is -0.357 e. The number of fused-ring (bicyclic) bond motifs is 3. The van der Waals surface area contributed by atoms with Gasteiger partial charge in [-0.1, -0.05) is 0 Å². The molecule has 78 valence electrons. The third kappa shape index (κ3) is 1.35. The fourth-order valence-corrected chi connectivity index (χ4v) is 2.47. The lowest BCUT2D eigenvalue weighted by Gasteiger charge is -2.21. The predicted octanol–water partition coefficient (Wildman–Crippen LogP) is 1.64. The fraction of sp³-hybridized carbons (Fsp3) is 0.417. The average molecular weight is 201 g/mol. The summed E-state index contributed by atoms with van der Waals surface area (Å²) in [6, 6.07) is 4.70. The van der Waals surface area contributed by atoms with Crippen LogP contribution in [0.4, 0.5) is 0 Å². The molecular formula is C12H15N3. The van der Waals surface area contributed by atoms with Crippen LogP contribution in [0.25, 0.3) is 11.0 Å². The molecular weight excluding hydrogens is 186 g/mol. The molecule has 0 bridgehead atoms. The molecule has 0 aliphatic heterocycles. The number of aromatic nitrogens is 2. The third-order valence-corrected chi connectivity index (χ3v) is 3.34. The van der Waals surface area contributed by atoms with Crippen molar-refractivity contribution < 1.29 is 0 Å². The second-order valence-corrected chi connectivity index (χ2v) is 4.21. The van der Waals surface area contributed by atoms with E-state index < -0.39 is 0 Å². The molecule has 0 spiro atoms. The number of aromatic amines is 1. The van der Waals surface area contributed by atoms with Gasteiger partial charge in [-0.3, -0.25) is 4.98 Å². The van der Waals surface area contributed by atoms with E-state index >= 15 is 0 Å². The number of hydrogen-bond acceptors (Lipinski definition) is 2. The van der Waals surface area contributed by atoms with E-state index in [1.54, 1.807) is 0 Å². The topological polar surface area (TPSA) is 40.7 Å². The first-order chi connectivity index (χ1) is 7.38. The Labute approximate surface area is 88.9 Å². The zero-order chi connectivity index (χ0) is 10.3. The quantitative estimate of drug-likeness (QED) is 0.736. The second-order valence-electron chi connectivity index (χ2n) is 4.21. The summed E-state index contributed by atoms with van der Waals surface area (Å²) in [5.41, 5.74) is 5.14. The smallest absolute Gasteiger partial charge is 0.0914 e. The van der Waals surface area contributed by atoms with E-state index in [0.29, 0.717) is 6.04 Å². The Morgan fingerprint density at radius 3 is 3.33 bits per heavy atom. The summed E-state index contributed by atoms with van der Waals surface area (Å²) in [5, 5.41) is 3.36. The summed E-state index contributed by atoms with van der Waals surface area (Å²) < 4.78 is 0. The SMILES string of the molecule is CNC1CCc2[nH]c3cccnc3c2C1. The van der Waals surface area contributed by atoms with Crippen molar-refractivity contribution in [2.24, 2.45) is 0 Å². The van der Waals surface area contributed by atoms with Crippen molar-refractivity contribution in [3.8, 4) is 0 Å². The van der Waals surface area contributed by atoms with Gasteiger partial charge in [0.15, 0.2) is 0 Å². The highest BCUT2D eigenvalue weighted by Gasteiger charge is 2.21. The number of H-pyrrole nitrogens is 1. The minimum absolute atomic E-state index is 0.610. The van der Waals surface area contributed by atoms with Crippen LogP contribution in [0, 0.1) is 0 Å². The zero-order valence-corrected chi connectivity index (χ0v) is 8.88. The fourth-order valence-electron chi connectivity index (χ4n) is 2.47. The lowest BCUT2D eigenvalue weighted by molar-refractivity contribution is 0.495. The highest BCUT2D eigenvalue weighted by atomic mass is 14.9. The second kappa shape index (κ2) is 3.35. The highest BCUT2D eigenvalue weighted by Crippen LogP contribution is 2.27. The van der Waals surface area contributed by atoms with Crippen LogP contribution in [0.5, 0.6) is 0 Å². The van der Waals surface area contributed by atoms with Gasteiger partial charge in [0.2, 0.25) is 0 Å². The van der Waals surface area contributed by atoms with Crippen molar-refractivity contribution in [2.45, 2.75) is 25.3 Å². The van der Waals surface area contributed by atoms with Crippen molar-refractivity contribution in [1.82, 2.24) is 15.3 Å². The van der Waals surface area contributed by atoms with Crippen molar-refractivity contribution in [1.29, 1.82) is 0 Å². The van der Waals surface area contributed by atoms with Crippen LogP contribution in [0.3, 0.4) is 0 Å². The van der Waals surface area contributed by atoms with Crippen LogP contribution in [-0.4, -0.2) is 23.1 Å². The molecule has 15 heavy (non-hydrogen) atoms. The first-order valence-corrected chi connectivity index (χ1v) is 5.50. The summed E-state index contributed by atoms with van der Waals surface area (Å²) >= 11 is 0. The summed E-state index contributed by atoms with van der Waals surface area (Å²) in [6.45, 7) is 0. The Bertz CT molecular complexity index is 487. The van der Waals surface area contributed by atoms with E-state index in [1.165, 1.54) is 23.2 Å². The molecule has 0 fully saturated rings. The van der Waals surface area contributed by atoms with Crippen LogP contribution in [-0.2, 0) is 12.8 Å². The van der Waals surface area contributed by atoms with Crippen molar-refractivity contribution in [3.63, 3.8) is 0 Å². The number of pyridine rings is 1. The molecule has 3 nitrogen and oxygen atoms in total. The molecule has 0 amide bonds. The van der Waals surface area contributed by atoms with Gasteiger partial charge in [-0.2, -0.15) is 0 Å². The molecule has 3 rings (SSSR count). The molecule has 0 saturated heterocycles. The molecule has 3 heteroatoms. The Morgan fingerprint density at radius 2 is 2.47 bits per heavy atom. The molecule has 0 radical (unpaired) electrons. The Balaban J connectivity index is 2.14. The van der Waals surface area contributed by atoms with E-state index in [-0.39, 0.29) is 0 Å². The molecule has 0 aromatic carbocycles. The molecule has 1 unspecified atom stereocenters. The van der Waals surface area contributed by atoms with E-state index in [9.17, 15) is 0 Å². The van der Waals surface area contributed by atoms with Crippen LogP contribution in [0.2, 0.25) is 0 Å². The van der Waals surface area contributed by atoms with Crippen LogP contribution < -0.4 is 5.32 Å². The van der Waals surface area contributed by atoms with Gasteiger partial charge >= 0.3 is 0 Å². The third-order valence-electron chi connectivity index (χ3n) is 3.34. The van der Waals surface area contributed by atoms with E-state index in [1.807, 2.05) is 19.3 Å². The predicted molar refractivity (Wildman–Crippen MR) is 61.0 cm³/mol. The number of nitrogens with zero attached hydrogens (tertiary/aromatic N) is 1. The standard InChI is InChI=1S/C12H15N3/c1-13-8-4-5-10-9(7-8)12-11(15-10)3-2-6-14-12/h2-3,6,8,13,15H,4-5,7H2,1H3. The molecule has 0 saturated carbocycles. The van der Waals surface area contributed by atoms with E-state index in [0.717, 1.165) is 18.4 Å². The molecule has 2 aromatic rings. The number of hydrogen-bond donors (Lipinski definition) is 2. The first kappa shape index (κ1) is 8.92. The van der Waals surface area contributed by atoms with Gasteiger partial charge in [0.1, 0.15) is 0 Å². The van der Waals surface area contributed by atoms with Gasteiger partial charge in [0.25, 0.3) is 0 Å². The van der Waals surface area contributed by atoms with Crippen molar-refractivity contribution in [3.05, 3.63) is 29.6 Å². The lowest BCUT2D eigenvalue weighted by atomic mass is 9.93. The van der Waals surface area contributed by atoms with E-state index in [4.69, 9.17) is 0 Å². The van der Waals surface area contributed by atoms with Gasteiger partial charge in [-0.05, 0) is 38.4 Å². The Kier molecular flexibility index (Phi) is 1.99. The Morgan fingerprint density at radius 1 is 1.53 bits per heavy atom. The average Bonchev–Trinajstić information content (AvgIpc) is 2.66. The molecule has 1 aliphatic rings. The maximum atomic E-state index is 4.46. The zero-order valence-electron chi connectivity index (χ0n) is 8.88. The highest BCUT2D eigenvalue weighted by molar-refractivity contribution is 5.80. The van der Waals surface area contributed by atoms with Crippen LogP contribution >= 0.6 is 0 Å². The van der Waals surface area contributed by atoms with E-state index in [2.05, 4.69) is 21.4 Å². The van der Waals surface area contributed by atoms with Gasteiger partial charge in [-0.25, -0.2) is 0 Å². The van der Waals surface area contributed by atoms with Gasteiger partial charge in [0, 0.05) is 23.5 Å². The van der Waals surface area contributed by atoms with Crippen molar-refractivity contribution in [2.75, 3.05) is 7.05 Å². The minimum atomic E-state index is 0.610. The lowest BCUT2D eigenvalue weighted by Crippen LogP contribution is -2.31. The largest absolute Gasteiger partial charge is 0.357 e. The normalized spacial score (nSPS) is 20.5. The summed E-state index contributed by atoms with van der Waals surface area (Å²) in [6.07, 6.45) is 5.33. The molecule has 1 aliphatic carbocycles. The summed E-state index contributed by atoms with van der Waals surface area (Å²) in [5.74, 6) is 0. The van der Waals surface area contributed by atoms with Crippen molar-refractivity contribution >= 4 is 11.0 Å². The van der Waals surface area contributed by atoms with Crippen LogP contribution in [0.15, 0.2) is 18.3 Å². The van der Waals surface area contributed by atoms with Gasteiger partial charge in [0.05, 0.1) is 11.0 Å². The first-order valence-electron chi connectivity index (χ1n) is 5.50.